The van der Waals surface area contributed by atoms with Crippen molar-refractivity contribution in [2.45, 2.75) is 32.6 Å². The molecule has 0 radical (unpaired) electrons. The van der Waals surface area contributed by atoms with E-state index in [0.717, 1.165) is 37.0 Å². The van der Waals surface area contributed by atoms with Crippen molar-refractivity contribution in [3.05, 3.63) is 35.1 Å². The van der Waals surface area contributed by atoms with Crippen LogP contribution in [-0.2, 0) is 9.59 Å². The summed E-state index contributed by atoms with van der Waals surface area (Å²) in [6.07, 6.45) is 9.84. The molecule has 0 saturated heterocycles. The number of carbonyl (C=O) groups excluding carboxylic acids is 2. The third-order valence-electron chi connectivity index (χ3n) is 3.80. The van der Waals surface area contributed by atoms with Gasteiger partial charge in [0.1, 0.15) is 0 Å². The summed E-state index contributed by atoms with van der Waals surface area (Å²) < 4.78 is 0. The van der Waals surface area contributed by atoms with E-state index in [1.807, 2.05) is 18.2 Å². The summed E-state index contributed by atoms with van der Waals surface area (Å²) in [4.78, 5) is 27.0. The summed E-state index contributed by atoms with van der Waals surface area (Å²) in [6, 6.07) is 0. The van der Waals surface area contributed by atoms with Crippen LogP contribution in [0.25, 0.3) is 0 Å². The van der Waals surface area contributed by atoms with Gasteiger partial charge in [-0.3, -0.25) is 9.59 Å². The maximum absolute atomic E-state index is 12.1. The standard InChI is InChI=1S/C15H16N2O2/c1-9(18)16-10-6-7-12-11-4-2-3-5-13(11)15(19)17-14(12)8-10/h6-8,12H,2-5H2,1H3,(H,17,19). The van der Waals surface area contributed by atoms with Crippen LogP contribution >= 0.6 is 0 Å². The highest BCUT2D eigenvalue weighted by atomic mass is 16.2. The predicted molar refractivity (Wildman–Crippen MR) is 72.5 cm³/mol. The van der Waals surface area contributed by atoms with E-state index >= 15 is 0 Å². The zero-order chi connectivity index (χ0) is 13.4. The maximum Gasteiger partial charge on any atom is 0.251 e. The lowest BCUT2D eigenvalue weighted by atomic mass is 9.77. The summed E-state index contributed by atoms with van der Waals surface area (Å²) in [7, 11) is 0. The van der Waals surface area contributed by atoms with Crippen molar-refractivity contribution >= 4 is 17.5 Å². The van der Waals surface area contributed by atoms with E-state index < -0.39 is 0 Å². The van der Waals surface area contributed by atoms with E-state index in [0.29, 0.717) is 5.71 Å². The van der Waals surface area contributed by atoms with Crippen LogP contribution < -0.4 is 5.32 Å². The molecule has 2 amide bonds. The number of nitrogens with zero attached hydrogens (tertiary/aromatic N) is 1. The van der Waals surface area contributed by atoms with Crippen LogP contribution in [0.1, 0.15) is 32.6 Å². The zero-order valence-corrected chi connectivity index (χ0v) is 10.9. The average Bonchev–Trinajstić information content (AvgIpc) is 2.38. The SMILES string of the molecule is CC(=O)N=C1C=CC2C(=C1)NC(=O)C1=C2CCCC1. The van der Waals surface area contributed by atoms with Crippen LogP contribution in [-0.4, -0.2) is 17.5 Å². The Bertz CT molecular complexity index is 579. The molecule has 1 unspecified atom stereocenters. The van der Waals surface area contributed by atoms with E-state index in [4.69, 9.17) is 0 Å². The highest BCUT2D eigenvalue weighted by Gasteiger charge is 2.32. The molecule has 0 aromatic heterocycles. The molecule has 3 rings (SSSR count). The third-order valence-corrected chi connectivity index (χ3v) is 3.80. The largest absolute Gasteiger partial charge is 0.325 e. The van der Waals surface area contributed by atoms with Crippen molar-refractivity contribution in [1.29, 1.82) is 0 Å². The first-order valence-corrected chi connectivity index (χ1v) is 6.67. The molecule has 0 bridgehead atoms. The Morgan fingerprint density at radius 1 is 1.37 bits per heavy atom. The molecule has 1 atom stereocenters. The Morgan fingerprint density at radius 2 is 2.16 bits per heavy atom. The number of fused-ring (bicyclic) bond motifs is 2. The molecule has 19 heavy (non-hydrogen) atoms. The zero-order valence-electron chi connectivity index (χ0n) is 10.9. The first-order chi connectivity index (χ1) is 9.15. The second kappa shape index (κ2) is 4.61. The minimum atomic E-state index is -0.227. The maximum atomic E-state index is 12.1. The Labute approximate surface area is 112 Å². The van der Waals surface area contributed by atoms with Crippen LogP contribution in [0.4, 0.5) is 0 Å². The highest BCUT2D eigenvalue weighted by molar-refractivity contribution is 6.11. The fourth-order valence-corrected chi connectivity index (χ4v) is 3.00. The van der Waals surface area contributed by atoms with Gasteiger partial charge in [-0.2, -0.15) is 0 Å². The molecule has 0 fully saturated rings. The molecular weight excluding hydrogens is 240 g/mol. The Hall–Kier alpha value is -1.97. The molecule has 0 saturated carbocycles. The lowest BCUT2D eigenvalue weighted by molar-refractivity contribution is -0.117. The molecule has 0 spiro atoms. The Kier molecular flexibility index (Phi) is 2.93. The van der Waals surface area contributed by atoms with Crippen LogP contribution in [0.3, 0.4) is 0 Å². The summed E-state index contributed by atoms with van der Waals surface area (Å²) in [6.45, 7) is 1.42. The van der Waals surface area contributed by atoms with Crippen molar-refractivity contribution in [2.24, 2.45) is 10.9 Å². The van der Waals surface area contributed by atoms with Crippen LogP contribution in [0.15, 0.2) is 40.1 Å². The lowest BCUT2D eigenvalue weighted by Crippen LogP contribution is -2.37. The normalized spacial score (nSPS) is 27.6. The van der Waals surface area contributed by atoms with Crippen molar-refractivity contribution in [1.82, 2.24) is 5.32 Å². The molecule has 98 valence electrons. The second-order valence-electron chi connectivity index (χ2n) is 5.16. The monoisotopic (exact) mass is 256 g/mol. The third kappa shape index (κ3) is 2.18. The molecule has 1 heterocycles. The Morgan fingerprint density at radius 3 is 2.95 bits per heavy atom. The Balaban J connectivity index is 1.99. The number of aliphatic imine (C=N–C) groups is 1. The van der Waals surface area contributed by atoms with Gasteiger partial charge in [0, 0.05) is 24.1 Å². The van der Waals surface area contributed by atoms with Gasteiger partial charge in [0.15, 0.2) is 0 Å². The van der Waals surface area contributed by atoms with Crippen LogP contribution in [0.5, 0.6) is 0 Å². The molecule has 2 aliphatic carbocycles. The fourth-order valence-electron chi connectivity index (χ4n) is 3.00. The summed E-state index contributed by atoms with van der Waals surface area (Å²) in [5.74, 6) is -0.0387. The summed E-state index contributed by atoms with van der Waals surface area (Å²) in [5, 5.41) is 2.94. The van der Waals surface area contributed by atoms with Gasteiger partial charge in [-0.25, -0.2) is 4.99 Å². The van der Waals surface area contributed by atoms with Crippen molar-refractivity contribution < 1.29 is 9.59 Å². The van der Waals surface area contributed by atoms with Gasteiger partial charge < -0.3 is 5.32 Å². The predicted octanol–water partition coefficient (Wildman–Crippen LogP) is 2.04. The van der Waals surface area contributed by atoms with Gasteiger partial charge >= 0.3 is 0 Å². The molecule has 3 aliphatic rings. The average molecular weight is 256 g/mol. The number of hydrogen-bond acceptors (Lipinski definition) is 2. The summed E-state index contributed by atoms with van der Waals surface area (Å²) in [5.41, 5.74) is 3.68. The molecule has 4 nitrogen and oxygen atoms in total. The molecule has 4 heteroatoms. The first-order valence-electron chi connectivity index (χ1n) is 6.67. The van der Waals surface area contributed by atoms with Gasteiger partial charge in [-0.05, 0) is 43.4 Å². The quantitative estimate of drug-likeness (QED) is 0.721. The van der Waals surface area contributed by atoms with Crippen molar-refractivity contribution in [3.63, 3.8) is 0 Å². The second-order valence-corrected chi connectivity index (χ2v) is 5.16. The van der Waals surface area contributed by atoms with E-state index in [9.17, 15) is 9.59 Å². The number of allylic oxidation sites excluding steroid dienone is 3. The summed E-state index contributed by atoms with van der Waals surface area (Å²) >= 11 is 0. The number of hydrogen-bond donors (Lipinski definition) is 1. The van der Waals surface area contributed by atoms with E-state index in [1.165, 1.54) is 12.5 Å². The van der Waals surface area contributed by atoms with E-state index in [2.05, 4.69) is 10.3 Å². The van der Waals surface area contributed by atoms with Gasteiger partial charge in [0.05, 0.1) is 5.71 Å². The number of amides is 2. The van der Waals surface area contributed by atoms with E-state index in [1.54, 1.807) is 0 Å². The van der Waals surface area contributed by atoms with Gasteiger partial charge in [0.25, 0.3) is 5.91 Å². The molecule has 1 N–H and O–H groups in total. The van der Waals surface area contributed by atoms with Gasteiger partial charge in [0.2, 0.25) is 5.91 Å². The fraction of sp³-hybridized carbons (Fsp3) is 0.400. The van der Waals surface area contributed by atoms with Gasteiger partial charge in [-0.1, -0.05) is 6.08 Å². The van der Waals surface area contributed by atoms with Gasteiger partial charge in [-0.15, -0.1) is 0 Å². The molecule has 0 aromatic rings. The first kappa shape index (κ1) is 12.1. The lowest BCUT2D eigenvalue weighted by Gasteiger charge is -2.33. The molecular formula is C15H16N2O2. The van der Waals surface area contributed by atoms with Crippen LogP contribution in [0.2, 0.25) is 0 Å². The number of carbonyl (C=O) groups is 2. The van der Waals surface area contributed by atoms with E-state index in [-0.39, 0.29) is 17.7 Å². The van der Waals surface area contributed by atoms with Crippen molar-refractivity contribution in [2.75, 3.05) is 0 Å². The minimum absolute atomic E-state index is 0.0228. The van der Waals surface area contributed by atoms with Crippen LogP contribution in [0, 0.1) is 5.92 Å². The number of rotatable bonds is 0. The minimum Gasteiger partial charge on any atom is -0.325 e. The number of nitrogens with one attached hydrogen (secondary N) is 1. The molecule has 0 aromatic carbocycles. The highest BCUT2D eigenvalue weighted by Crippen LogP contribution is 2.38. The molecule has 1 aliphatic heterocycles. The topological polar surface area (TPSA) is 58.5 Å². The smallest absolute Gasteiger partial charge is 0.251 e. The van der Waals surface area contributed by atoms with Crippen molar-refractivity contribution in [3.8, 4) is 0 Å².